The smallest absolute Gasteiger partial charge is 0.407 e. The zero-order chi connectivity index (χ0) is 25.7. The largest absolute Gasteiger partial charge is 0.469 e. The van der Waals surface area contributed by atoms with Gasteiger partial charge in [-0.05, 0) is 38.7 Å². The molecular formula is C26H35N3O5. The number of methoxy groups -OCH3 is 1. The van der Waals surface area contributed by atoms with Crippen LogP contribution in [-0.4, -0.2) is 47.1 Å². The number of rotatable bonds is 7. The van der Waals surface area contributed by atoms with Gasteiger partial charge in [0.1, 0.15) is 5.60 Å². The van der Waals surface area contributed by atoms with Crippen molar-refractivity contribution in [2.45, 2.75) is 65.9 Å². The summed E-state index contributed by atoms with van der Waals surface area (Å²) in [6.45, 7) is 13.3. The van der Waals surface area contributed by atoms with Gasteiger partial charge in [0.05, 0.1) is 24.3 Å². The van der Waals surface area contributed by atoms with Gasteiger partial charge in [-0.1, -0.05) is 45.0 Å². The Bertz CT molecular complexity index is 1030. The quantitative estimate of drug-likeness (QED) is 0.465. The van der Waals surface area contributed by atoms with E-state index in [0.29, 0.717) is 17.1 Å². The fourth-order valence-electron chi connectivity index (χ4n) is 3.26. The third-order valence-corrected chi connectivity index (χ3v) is 5.15. The Kier molecular flexibility index (Phi) is 8.53. The third-order valence-electron chi connectivity index (χ3n) is 5.15. The van der Waals surface area contributed by atoms with Crippen molar-refractivity contribution in [3.05, 3.63) is 47.3 Å². The van der Waals surface area contributed by atoms with Crippen LogP contribution >= 0.6 is 0 Å². The lowest BCUT2D eigenvalue weighted by molar-refractivity contribution is -0.145. The number of aryl methyl sites for hydroxylation is 1. The zero-order valence-corrected chi connectivity index (χ0v) is 21.3. The van der Waals surface area contributed by atoms with Crippen LogP contribution in [0, 0.1) is 12.8 Å². The predicted octanol–water partition coefficient (Wildman–Crippen LogP) is 4.64. The molecule has 0 bridgehead atoms. The van der Waals surface area contributed by atoms with Crippen LogP contribution in [0.25, 0.3) is 11.4 Å². The summed E-state index contributed by atoms with van der Waals surface area (Å²) in [5.74, 6) is -1.26. The molecule has 0 aliphatic rings. The predicted molar refractivity (Wildman–Crippen MR) is 130 cm³/mol. The molecule has 0 aliphatic heterocycles. The van der Waals surface area contributed by atoms with E-state index in [1.807, 2.05) is 24.3 Å². The van der Waals surface area contributed by atoms with Gasteiger partial charge in [0.25, 0.3) is 0 Å². The summed E-state index contributed by atoms with van der Waals surface area (Å²) in [5.41, 5.74) is 2.25. The molecule has 1 amide bonds. The van der Waals surface area contributed by atoms with Crippen LogP contribution in [0.2, 0.25) is 0 Å². The van der Waals surface area contributed by atoms with Crippen molar-refractivity contribution in [1.82, 2.24) is 15.3 Å². The topological polar surface area (TPSA) is 107 Å². The molecule has 0 spiro atoms. The van der Waals surface area contributed by atoms with Crippen molar-refractivity contribution in [2.75, 3.05) is 13.7 Å². The van der Waals surface area contributed by atoms with Gasteiger partial charge >= 0.3 is 12.1 Å². The molecule has 0 fully saturated rings. The molecule has 34 heavy (non-hydrogen) atoms. The van der Waals surface area contributed by atoms with Gasteiger partial charge in [0, 0.05) is 24.7 Å². The molecule has 184 valence electrons. The Morgan fingerprint density at radius 2 is 1.65 bits per heavy atom. The average Bonchev–Trinajstić information content (AvgIpc) is 2.74. The summed E-state index contributed by atoms with van der Waals surface area (Å²) < 4.78 is 9.99. The summed E-state index contributed by atoms with van der Waals surface area (Å²) in [6.07, 6.45) is 0.648. The first-order valence-corrected chi connectivity index (χ1v) is 11.2. The number of carbonyl (C=O) groups excluding carboxylic acids is 3. The molecule has 8 heteroatoms. The number of esters is 1. The Labute approximate surface area is 201 Å². The van der Waals surface area contributed by atoms with Crippen molar-refractivity contribution >= 4 is 17.8 Å². The third kappa shape index (κ3) is 7.64. The standard InChI is InChI=1S/C26H35N3O5/c1-16-20(15-27-22(29-16)17-9-11-19(12-10-17)25(2,3)4)21(30)13-18(23(31)33-8)14-28-24(32)34-26(5,6)7/h9-12,15,18H,13-14H2,1-8H3,(H,28,32)/t18-/m0/s1. The first kappa shape index (κ1) is 27.0. The molecule has 1 N–H and O–H groups in total. The van der Waals surface area contributed by atoms with Gasteiger partial charge in [-0.3, -0.25) is 9.59 Å². The summed E-state index contributed by atoms with van der Waals surface area (Å²) in [4.78, 5) is 46.0. The van der Waals surface area contributed by atoms with E-state index < -0.39 is 23.6 Å². The summed E-state index contributed by atoms with van der Waals surface area (Å²) in [6, 6.07) is 8.02. The van der Waals surface area contributed by atoms with E-state index >= 15 is 0 Å². The molecule has 1 atom stereocenters. The first-order valence-electron chi connectivity index (χ1n) is 11.2. The monoisotopic (exact) mass is 469 g/mol. The van der Waals surface area contributed by atoms with E-state index in [0.717, 1.165) is 5.56 Å². The molecule has 1 aromatic heterocycles. The maximum atomic E-state index is 12.9. The first-order chi connectivity index (χ1) is 15.7. The van der Waals surface area contributed by atoms with Crippen LogP contribution < -0.4 is 5.32 Å². The summed E-state index contributed by atoms with van der Waals surface area (Å²) in [5, 5.41) is 2.53. The van der Waals surface area contributed by atoms with Gasteiger partial charge in [-0.2, -0.15) is 0 Å². The minimum atomic E-state index is -0.867. The second-order valence-corrected chi connectivity index (χ2v) is 10.3. The van der Waals surface area contributed by atoms with E-state index in [2.05, 4.69) is 36.1 Å². The van der Waals surface area contributed by atoms with Crippen LogP contribution in [0.4, 0.5) is 4.79 Å². The lowest BCUT2D eigenvalue weighted by atomic mass is 9.86. The van der Waals surface area contributed by atoms with Gasteiger partial charge in [0.2, 0.25) is 0 Å². The van der Waals surface area contributed by atoms with Crippen LogP contribution in [0.5, 0.6) is 0 Å². The molecular weight excluding hydrogens is 434 g/mol. The highest BCUT2D eigenvalue weighted by atomic mass is 16.6. The molecule has 1 aromatic carbocycles. The maximum absolute atomic E-state index is 12.9. The van der Waals surface area contributed by atoms with Crippen LogP contribution in [0.15, 0.2) is 30.5 Å². The minimum absolute atomic E-state index is 0.0418. The highest BCUT2D eigenvalue weighted by Crippen LogP contribution is 2.25. The van der Waals surface area contributed by atoms with E-state index in [1.54, 1.807) is 27.7 Å². The van der Waals surface area contributed by atoms with Gasteiger partial charge in [0.15, 0.2) is 11.6 Å². The van der Waals surface area contributed by atoms with Crippen molar-refractivity contribution in [3.63, 3.8) is 0 Å². The highest BCUT2D eigenvalue weighted by molar-refractivity contribution is 5.99. The fraction of sp³-hybridized carbons (Fsp3) is 0.500. The molecule has 0 saturated carbocycles. The Morgan fingerprint density at radius 1 is 1.03 bits per heavy atom. The van der Waals surface area contributed by atoms with Gasteiger partial charge in [-0.25, -0.2) is 14.8 Å². The second-order valence-electron chi connectivity index (χ2n) is 10.3. The fourth-order valence-corrected chi connectivity index (χ4v) is 3.26. The summed E-state index contributed by atoms with van der Waals surface area (Å²) >= 11 is 0. The Hall–Kier alpha value is -3.29. The lowest BCUT2D eigenvalue weighted by Crippen LogP contribution is -2.38. The number of carbonyl (C=O) groups is 3. The van der Waals surface area contributed by atoms with Crippen molar-refractivity contribution in [3.8, 4) is 11.4 Å². The number of alkyl carbamates (subject to hydrolysis) is 1. The number of ketones is 1. The molecule has 0 saturated heterocycles. The molecule has 2 aromatic rings. The number of benzene rings is 1. The lowest BCUT2D eigenvalue weighted by Gasteiger charge is -2.21. The summed E-state index contributed by atoms with van der Waals surface area (Å²) in [7, 11) is 1.24. The molecule has 8 nitrogen and oxygen atoms in total. The van der Waals surface area contributed by atoms with Crippen LogP contribution in [0.3, 0.4) is 0 Å². The number of Topliss-reactive ketones (excluding diaryl/α,β-unsaturated/α-hetero) is 1. The van der Waals surface area contributed by atoms with Gasteiger partial charge < -0.3 is 14.8 Å². The Balaban J connectivity index is 2.14. The second kappa shape index (κ2) is 10.8. The van der Waals surface area contributed by atoms with Crippen molar-refractivity contribution in [2.24, 2.45) is 5.92 Å². The SMILES string of the molecule is COC(=O)[C@H](CNC(=O)OC(C)(C)C)CC(=O)c1cnc(-c2ccc(C(C)(C)C)cc2)nc1C. The molecule has 0 unspecified atom stereocenters. The van der Waals surface area contributed by atoms with E-state index in [4.69, 9.17) is 9.47 Å². The number of hydrogen-bond acceptors (Lipinski definition) is 7. The van der Waals surface area contributed by atoms with Crippen LogP contribution in [-0.2, 0) is 19.7 Å². The van der Waals surface area contributed by atoms with Gasteiger partial charge in [-0.15, -0.1) is 0 Å². The zero-order valence-electron chi connectivity index (χ0n) is 21.3. The molecule has 2 rings (SSSR count). The number of aromatic nitrogens is 2. The number of nitrogens with one attached hydrogen (secondary N) is 1. The number of amides is 1. The van der Waals surface area contributed by atoms with Crippen LogP contribution in [0.1, 0.15) is 69.6 Å². The van der Waals surface area contributed by atoms with Crippen molar-refractivity contribution < 1.29 is 23.9 Å². The van der Waals surface area contributed by atoms with Crippen molar-refractivity contribution in [1.29, 1.82) is 0 Å². The van der Waals surface area contributed by atoms with E-state index in [9.17, 15) is 14.4 Å². The highest BCUT2D eigenvalue weighted by Gasteiger charge is 2.26. The number of ether oxygens (including phenoxy) is 2. The average molecular weight is 470 g/mol. The Morgan fingerprint density at radius 3 is 2.15 bits per heavy atom. The molecule has 0 radical (unpaired) electrons. The van der Waals surface area contributed by atoms with E-state index in [-0.39, 0.29) is 24.2 Å². The normalized spacial score (nSPS) is 12.6. The number of hydrogen-bond donors (Lipinski definition) is 1. The minimum Gasteiger partial charge on any atom is -0.469 e. The molecule has 0 aliphatic carbocycles. The van der Waals surface area contributed by atoms with E-state index in [1.165, 1.54) is 18.9 Å². The molecule has 1 heterocycles. The number of nitrogens with zero attached hydrogens (tertiary/aromatic N) is 2. The maximum Gasteiger partial charge on any atom is 0.407 e.